The second kappa shape index (κ2) is 6.75. The van der Waals surface area contributed by atoms with E-state index in [0.717, 1.165) is 24.5 Å². The lowest BCUT2D eigenvalue weighted by Gasteiger charge is -2.14. The van der Waals surface area contributed by atoms with E-state index in [2.05, 4.69) is 41.4 Å². The minimum atomic E-state index is 0.574. The summed E-state index contributed by atoms with van der Waals surface area (Å²) in [4.78, 5) is 5.44. The Morgan fingerprint density at radius 1 is 1.17 bits per heavy atom. The average Bonchev–Trinajstić information content (AvgIpc) is 3.05. The van der Waals surface area contributed by atoms with Gasteiger partial charge in [0.1, 0.15) is 12.4 Å². The van der Waals surface area contributed by atoms with Crippen molar-refractivity contribution in [3.05, 3.63) is 64.1 Å². The minimum absolute atomic E-state index is 0.574. The molecule has 4 rings (SSSR count). The molecule has 0 bridgehead atoms. The smallest absolute Gasteiger partial charge is 0.124 e. The molecule has 122 valence electrons. The number of thiazole rings is 1. The van der Waals surface area contributed by atoms with Crippen LogP contribution in [0.4, 0.5) is 0 Å². The Bertz CT molecular complexity index is 898. The maximum absolute atomic E-state index is 5.96. The van der Waals surface area contributed by atoms with Crippen LogP contribution in [-0.2, 0) is 11.3 Å². The molecule has 0 spiro atoms. The van der Waals surface area contributed by atoms with Crippen molar-refractivity contribution in [2.24, 2.45) is 0 Å². The first kappa shape index (κ1) is 15.4. The van der Waals surface area contributed by atoms with Crippen molar-refractivity contribution in [2.75, 3.05) is 13.2 Å². The SMILES string of the molecule is Cc1ncsc1COc1ccc2ccc(C3=CCOCC3)cc2c1. The van der Waals surface area contributed by atoms with Gasteiger partial charge in [-0.1, -0.05) is 24.3 Å². The van der Waals surface area contributed by atoms with E-state index < -0.39 is 0 Å². The lowest BCUT2D eigenvalue weighted by Crippen LogP contribution is -2.03. The third kappa shape index (κ3) is 3.21. The molecule has 0 unspecified atom stereocenters. The van der Waals surface area contributed by atoms with Crippen LogP contribution >= 0.6 is 11.3 Å². The molecule has 24 heavy (non-hydrogen) atoms. The molecule has 0 saturated heterocycles. The topological polar surface area (TPSA) is 31.4 Å². The van der Waals surface area contributed by atoms with E-state index >= 15 is 0 Å². The van der Waals surface area contributed by atoms with Gasteiger partial charge in [0.2, 0.25) is 0 Å². The largest absolute Gasteiger partial charge is 0.488 e. The number of ether oxygens (including phenoxy) is 2. The van der Waals surface area contributed by atoms with Crippen molar-refractivity contribution in [3.63, 3.8) is 0 Å². The Hall–Kier alpha value is -2.17. The average molecular weight is 337 g/mol. The summed E-state index contributed by atoms with van der Waals surface area (Å²) in [5.74, 6) is 0.897. The van der Waals surface area contributed by atoms with Gasteiger partial charge in [0.15, 0.2) is 0 Å². The van der Waals surface area contributed by atoms with Crippen molar-refractivity contribution in [2.45, 2.75) is 20.0 Å². The Balaban J connectivity index is 1.59. The maximum Gasteiger partial charge on any atom is 0.124 e. The fourth-order valence-electron chi connectivity index (χ4n) is 2.92. The summed E-state index contributed by atoms with van der Waals surface area (Å²) < 4.78 is 11.4. The molecular weight excluding hydrogens is 318 g/mol. The van der Waals surface area contributed by atoms with Gasteiger partial charge < -0.3 is 9.47 Å². The van der Waals surface area contributed by atoms with E-state index in [1.807, 2.05) is 18.5 Å². The zero-order valence-electron chi connectivity index (χ0n) is 13.6. The molecule has 3 aromatic rings. The fraction of sp³-hybridized carbons (Fsp3) is 0.250. The maximum atomic E-state index is 5.96. The molecule has 0 aliphatic carbocycles. The van der Waals surface area contributed by atoms with Crippen molar-refractivity contribution >= 4 is 27.7 Å². The predicted molar refractivity (Wildman–Crippen MR) is 98.5 cm³/mol. The molecule has 1 aliphatic rings. The van der Waals surface area contributed by atoms with E-state index in [9.17, 15) is 0 Å². The van der Waals surface area contributed by atoms with Crippen LogP contribution < -0.4 is 4.74 Å². The number of aromatic nitrogens is 1. The predicted octanol–water partition coefficient (Wildman–Crippen LogP) is 4.99. The molecule has 4 heteroatoms. The summed E-state index contributed by atoms with van der Waals surface area (Å²) in [7, 11) is 0. The molecule has 0 fully saturated rings. The van der Waals surface area contributed by atoms with Gasteiger partial charge >= 0.3 is 0 Å². The van der Waals surface area contributed by atoms with Crippen LogP contribution in [0.3, 0.4) is 0 Å². The number of fused-ring (bicyclic) bond motifs is 1. The van der Waals surface area contributed by atoms with Crippen LogP contribution in [0, 0.1) is 6.92 Å². The van der Waals surface area contributed by atoms with Crippen molar-refractivity contribution in [1.29, 1.82) is 0 Å². The van der Waals surface area contributed by atoms with Crippen LogP contribution in [0.25, 0.3) is 16.3 Å². The lowest BCUT2D eigenvalue weighted by atomic mass is 9.98. The highest BCUT2D eigenvalue weighted by atomic mass is 32.1. The summed E-state index contributed by atoms with van der Waals surface area (Å²) in [5.41, 5.74) is 5.56. The van der Waals surface area contributed by atoms with Crippen molar-refractivity contribution < 1.29 is 9.47 Å². The number of hydrogen-bond acceptors (Lipinski definition) is 4. The molecule has 1 aromatic heterocycles. The molecule has 3 nitrogen and oxygen atoms in total. The van der Waals surface area contributed by atoms with Crippen LogP contribution in [0.1, 0.15) is 22.6 Å². The molecule has 2 aromatic carbocycles. The number of nitrogens with zero attached hydrogens (tertiary/aromatic N) is 1. The summed E-state index contributed by atoms with van der Waals surface area (Å²) in [5, 5.41) is 2.44. The second-order valence-corrected chi connectivity index (χ2v) is 6.87. The van der Waals surface area contributed by atoms with Crippen LogP contribution in [-0.4, -0.2) is 18.2 Å². The van der Waals surface area contributed by atoms with Crippen LogP contribution in [0.15, 0.2) is 48.0 Å². The fourth-order valence-corrected chi connectivity index (χ4v) is 3.61. The lowest BCUT2D eigenvalue weighted by molar-refractivity contribution is 0.161. The number of aryl methyl sites for hydroxylation is 1. The zero-order chi connectivity index (χ0) is 16.4. The first-order valence-corrected chi connectivity index (χ1v) is 9.00. The van der Waals surface area contributed by atoms with E-state index in [1.54, 1.807) is 11.3 Å². The molecule has 0 N–H and O–H groups in total. The first-order chi connectivity index (χ1) is 11.8. The number of rotatable bonds is 4. The molecular formula is C20H19NO2S. The Morgan fingerprint density at radius 2 is 2.08 bits per heavy atom. The van der Waals surface area contributed by atoms with Gasteiger partial charge in [0.25, 0.3) is 0 Å². The van der Waals surface area contributed by atoms with Gasteiger partial charge in [-0.3, -0.25) is 0 Å². The normalized spacial score (nSPS) is 14.6. The van der Waals surface area contributed by atoms with Crippen molar-refractivity contribution in [3.8, 4) is 5.75 Å². The number of hydrogen-bond donors (Lipinski definition) is 0. The Morgan fingerprint density at radius 3 is 2.88 bits per heavy atom. The molecule has 0 saturated carbocycles. The molecule has 0 radical (unpaired) electrons. The highest BCUT2D eigenvalue weighted by Crippen LogP contribution is 2.28. The van der Waals surface area contributed by atoms with E-state index in [4.69, 9.17) is 9.47 Å². The standard InChI is InChI=1S/C20H19NO2S/c1-14-20(24-13-21-14)12-23-19-5-4-15-2-3-17(10-18(15)11-19)16-6-8-22-9-7-16/h2-6,10-11,13H,7-9,12H2,1H3. The summed E-state index contributed by atoms with van der Waals surface area (Å²) in [6.07, 6.45) is 3.16. The third-order valence-corrected chi connectivity index (χ3v) is 5.27. The highest BCUT2D eigenvalue weighted by Gasteiger charge is 2.08. The van der Waals surface area contributed by atoms with Gasteiger partial charge in [0.05, 0.1) is 29.3 Å². The molecule has 0 amide bonds. The van der Waals surface area contributed by atoms with Gasteiger partial charge in [0, 0.05) is 0 Å². The van der Waals surface area contributed by atoms with Crippen molar-refractivity contribution in [1.82, 2.24) is 4.98 Å². The monoisotopic (exact) mass is 337 g/mol. The molecule has 1 aliphatic heterocycles. The molecule has 0 atom stereocenters. The van der Waals surface area contributed by atoms with Gasteiger partial charge in [-0.15, -0.1) is 11.3 Å². The van der Waals surface area contributed by atoms with Crippen LogP contribution in [0.5, 0.6) is 5.75 Å². The van der Waals surface area contributed by atoms with Gasteiger partial charge in [-0.2, -0.15) is 0 Å². The number of benzene rings is 2. The quantitative estimate of drug-likeness (QED) is 0.672. The van der Waals surface area contributed by atoms with Gasteiger partial charge in [-0.25, -0.2) is 4.98 Å². The Kier molecular flexibility index (Phi) is 4.32. The highest BCUT2D eigenvalue weighted by molar-refractivity contribution is 7.09. The first-order valence-electron chi connectivity index (χ1n) is 8.12. The second-order valence-electron chi connectivity index (χ2n) is 5.93. The summed E-state index contributed by atoms with van der Waals surface area (Å²) >= 11 is 1.64. The van der Waals surface area contributed by atoms with E-state index in [1.165, 1.54) is 26.8 Å². The Labute approximate surface area is 145 Å². The van der Waals surface area contributed by atoms with Crippen LogP contribution in [0.2, 0.25) is 0 Å². The van der Waals surface area contributed by atoms with E-state index in [-0.39, 0.29) is 0 Å². The zero-order valence-corrected chi connectivity index (χ0v) is 14.4. The summed E-state index contributed by atoms with van der Waals surface area (Å²) in [6.45, 7) is 4.11. The van der Waals surface area contributed by atoms with E-state index in [0.29, 0.717) is 13.2 Å². The summed E-state index contributed by atoms with van der Waals surface area (Å²) in [6, 6.07) is 12.9. The minimum Gasteiger partial charge on any atom is -0.488 e. The van der Waals surface area contributed by atoms with Gasteiger partial charge in [-0.05, 0) is 53.5 Å². The molecule has 2 heterocycles. The third-order valence-electron chi connectivity index (χ3n) is 4.36.